The van der Waals surface area contributed by atoms with Crippen molar-refractivity contribution in [2.45, 2.75) is 13.5 Å². The number of H-pyrrole nitrogens is 1. The number of para-hydroxylation sites is 1. The highest BCUT2D eigenvalue weighted by atomic mass is 32.1. The number of ether oxygens (including phenoxy) is 1. The second-order valence-corrected chi connectivity index (χ2v) is 8.32. The Labute approximate surface area is 183 Å². The van der Waals surface area contributed by atoms with Crippen LogP contribution < -0.4 is 5.32 Å². The fraction of sp³-hybridized carbons (Fsp3) is 0.273. The zero-order valence-corrected chi connectivity index (χ0v) is 17.9. The molecule has 4 heterocycles. The summed E-state index contributed by atoms with van der Waals surface area (Å²) < 4.78 is 5.39. The van der Waals surface area contributed by atoms with Gasteiger partial charge >= 0.3 is 0 Å². The van der Waals surface area contributed by atoms with Gasteiger partial charge in [0.1, 0.15) is 11.3 Å². The van der Waals surface area contributed by atoms with E-state index in [1.807, 2.05) is 36.6 Å². The zero-order chi connectivity index (χ0) is 21.2. The number of fused-ring (bicyclic) bond motifs is 1. The molecule has 5 rings (SSSR count). The highest BCUT2D eigenvalue weighted by molar-refractivity contribution is 7.14. The molecular formula is C22H22N6O2S. The van der Waals surface area contributed by atoms with E-state index in [-0.39, 0.29) is 5.91 Å². The second-order valence-electron chi connectivity index (χ2n) is 7.46. The highest BCUT2D eigenvalue weighted by Gasteiger charge is 2.17. The Morgan fingerprint density at radius 2 is 2.13 bits per heavy atom. The minimum Gasteiger partial charge on any atom is -0.379 e. The first-order valence-electron chi connectivity index (χ1n) is 10.1. The third kappa shape index (κ3) is 4.34. The van der Waals surface area contributed by atoms with Crippen LogP contribution in [0.4, 0.5) is 5.13 Å². The summed E-state index contributed by atoms with van der Waals surface area (Å²) in [5, 5.41) is 5.51. The van der Waals surface area contributed by atoms with Crippen molar-refractivity contribution in [2.75, 3.05) is 31.6 Å². The SMILES string of the molecule is Cc1cc(-c2nc3c(C(=O)Nc4nc(CN5CCOCC5)cs4)cccc3[nH]2)ccn1. The lowest BCUT2D eigenvalue weighted by Crippen LogP contribution is -2.35. The molecule has 0 unspecified atom stereocenters. The van der Waals surface area contributed by atoms with Crippen LogP contribution in [0.5, 0.6) is 0 Å². The van der Waals surface area contributed by atoms with Crippen LogP contribution in [0.2, 0.25) is 0 Å². The number of morpholine rings is 1. The van der Waals surface area contributed by atoms with E-state index in [9.17, 15) is 4.79 Å². The molecule has 1 aliphatic heterocycles. The summed E-state index contributed by atoms with van der Waals surface area (Å²) in [6.07, 6.45) is 1.75. The van der Waals surface area contributed by atoms with Gasteiger partial charge in [0.25, 0.3) is 5.91 Å². The van der Waals surface area contributed by atoms with Gasteiger partial charge in [-0.15, -0.1) is 11.3 Å². The third-order valence-corrected chi connectivity index (χ3v) is 6.00. The number of pyridine rings is 1. The van der Waals surface area contributed by atoms with Gasteiger partial charge < -0.3 is 9.72 Å². The molecule has 0 radical (unpaired) electrons. The molecule has 1 aromatic carbocycles. The van der Waals surface area contributed by atoms with Gasteiger partial charge in [0.2, 0.25) is 0 Å². The molecule has 1 fully saturated rings. The standard InChI is InChI=1S/C22H22N6O2S/c1-14-11-15(5-6-23-14)20-25-18-4-2-3-17(19(18)26-20)21(29)27-22-24-16(13-31-22)12-28-7-9-30-10-8-28/h2-6,11,13H,7-10,12H2,1H3,(H,25,26)(H,24,27,29). The van der Waals surface area contributed by atoms with E-state index in [0.29, 0.717) is 22.0 Å². The van der Waals surface area contributed by atoms with Crippen LogP contribution in [0.15, 0.2) is 41.9 Å². The van der Waals surface area contributed by atoms with Crippen molar-refractivity contribution in [3.8, 4) is 11.4 Å². The van der Waals surface area contributed by atoms with Gasteiger partial charge in [0.15, 0.2) is 5.13 Å². The van der Waals surface area contributed by atoms with E-state index in [4.69, 9.17) is 4.74 Å². The zero-order valence-electron chi connectivity index (χ0n) is 17.1. The number of amides is 1. The van der Waals surface area contributed by atoms with Crippen LogP contribution in [0.25, 0.3) is 22.4 Å². The van der Waals surface area contributed by atoms with Gasteiger partial charge in [-0.05, 0) is 31.2 Å². The van der Waals surface area contributed by atoms with E-state index in [0.717, 1.165) is 55.3 Å². The fourth-order valence-corrected chi connectivity index (χ4v) is 4.33. The van der Waals surface area contributed by atoms with Gasteiger partial charge in [0.05, 0.1) is 30.0 Å². The molecule has 0 saturated carbocycles. The number of aromatic nitrogens is 4. The summed E-state index contributed by atoms with van der Waals surface area (Å²) in [4.78, 5) is 32.1. The summed E-state index contributed by atoms with van der Waals surface area (Å²) in [7, 11) is 0. The first kappa shape index (κ1) is 19.8. The van der Waals surface area contributed by atoms with E-state index in [1.165, 1.54) is 11.3 Å². The molecule has 31 heavy (non-hydrogen) atoms. The van der Waals surface area contributed by atoms with Crippen LogP contribution in [-0.4, -0.2) is 57.0 Å². The number of aromatic amines is 1. The number of nitrogens with zero attached hydrogens (tertiary/aromatic N) is 4. The van der Waals surface area contributed by atoms with E-state index in [1.54, 1.807) is 12.3 Å². The predicted octanol–water partition coefficient (Wildman–Crippen LogP) is 3.47. The van der Waals surface area contributed by atoms with Crippen molar-refractivity contribution in [1.82, 2.24) is 24.8 Å². The predicted molar refractivity (Wildman–Crippen MR) is 120 cm³/mol. The number of imidazole rings is 1. The largest absolute Gasteiger partial charge is 0.379 e. The molecule has 0 spiro atoms. The molecule has 8 nitrogen and oxygen atoms in total. The first-order valence-corrected chi connectivity index (χ1v) is 11.0. The third-order valence-electron chi connectivity index (χ3n) is 5.19. The number of hydrogen-bond acceptors (Lipinski definition) is 7. The molecule has 9 heteroatoms. The van der Waals surface area contributed by atoms with Gasteiger partial charge in [0, 0.05) is 42.5 Å². The Hall–Kier alpha value is -3.14. The average Bonchev–Trinajstić information content (AvgIpc) is 3.41. The molecule has 158 valence electrons. The lowest BCUT2D eigenvalue weighted by atomic mass is 10.2. The van der Waals surface area contributed by atoms with Gasteiger partial charge in [-0.1, -0.05) is 6.07 Å². The molecule has 2 N–H and O–H groups in total. The number of hydrogen-bond donors (Lipinski definition) is 2. The average molecular weight is 435 g/mol. The monoisotopic (exact) mass is 434 g/mol. The summed E-state index contributed by atoms with van der Waals surface area (Å²) in [6, 6.07) is 9.41. The molecule has 0 bridgehead atoms. The normalized spacial score (nSPS) is 14.7. The second kappa shape index (κ2) is 8.54. The number of anilines is 1. The minimum atomic E-state index is -0.221. The molecular weight excluding hydrogens is 412 g/mol. The number of nitrogens with one attached hydrogen (secondary N) is 2. The Balaban J connectivity index is 1.35. The molecule has 4 aromatic rings. The van der Waals surface area contributed by atoms with Crippen LogP contribution in [-0.2, 0) is 11.3 Å². The maximum atomic E-state index is 13.0. The van der Waals surface area contributed by atoms with Crippen LogP contribution in [0.3, 0.4) is 0 Å². The number of carbonyl (C=O) groups excluding carboxylic acids is 1. The van der Waals surface area contributed by atoms with Crippen molar-refractivity contribution in [2.24, 2.45) is 0 Å². The Bertz CT molecular complexity index is 1230. The minimum absolute atomic E-state index is 0.221. The molecule has 0 atom stereocenters. The lowest BCUT2D eigenvalue weighted by molar-refractivity contribution is 0.0337. The molecule has 3 aromatic heterocycles. The van der Waals surface area contributed by atoms with E-state index in [2.05, 4.69) is 30.2 Å². The van der Waals surface area contributed by atoms with Crippen molar-refractivity contribution >= 4 is 33.4 Å². The smallest absolute Gasteiger partial charge is 0.259 e. The molecule has 1 saturated heterocycles. The molecule has 1 aliphatic rings. The highest BCUT2D eigenvalue weighted by Crippen LogP contribution is 2.24. The summed E-state index contributed by atoms with van der Waals surface area (Å²) in [5.41, 5.74) is 4.75. The summed E-state index contributed by atoms with van der Waals surface area (Å²) >= 11 is 1.43. The van der Waals surface area contributed by atoms with Crippen molar-refractivity contribution < 1.29 is 9.53 Å². The number of rotatable bonds is 5. The number of thiazole rings is 1. The Morgan fingerprint density at radius 1 is 1.26 bits per heavy atom. The Morgan fingerprint density at radius 3 is 2.97 bits per heavy atom. The topological polar surface area (TPSA) is 96.0 Å². The Kier molecular flexibility index (Phi) is 5.46. The van der Waals surface area contributed by atoms with Crippen LogP contribution in [0.1, 0.15) is 21.7 Å². The van der Waals surface area contributed by atoms with Gasteiger partial charge in [-0.3, -0.25) is 20.0 Å². The summed E-state index contributed by atoms with van der Waals surface area (Å²) in [5.74, 6) is 0.490. The lowest BCUT2D eigenvalue weighted by Gasteiger charge is -2.25. The van der Waals surface area contributed by atoms with Crippen molar-refractivity contribution in [3.05, 3.63) is 58.9 Å². The van der Waals surface area contributed by atoms with Crippen LogP contribution >= 0.6 is 11.3 Å². The van der Waals surface area contributed by atoms with Gasteiger partial charge in [-0.2, -0.15) is 0 Å². The van der Waals surface area contributed by atoms with Crippen LogP contribution in [0, 0.1) is 6.92 Å². The van der Waals surface area contributed by atoms with Crippen molar-refractivity contribution in [3.63, 3.8) is 0 Å². The number of aryl methyl sites for hydroxylation is 1. The maximum Gasteiger partial charge on any atom is 0.259 e. The maximum absolute atomic E-state index is 13.0. The quantitative estimate of drug-likeness (QED) is 0.499. The van der Waals surface area contributed by atoms with Crippen molar-refractivity contribution in [1.29, 1.82) is 0 Å². The molecule has 0 aliphatic carbocycles. The first-order chi connectivity index (χ1) is 15.2. The number of carbonyl (C=O) groups is 1. The van der Waals surface area contributed by atoms with Gasteiger partial charge in [-0.25, -0.2) is 9.97 Å². The summed E-state index contributed by atoms with van der Waals surface area (Å²) in [6.45, 7) is 6.01. The number of benzene rings is 1. The fourth-order valence-electron chi connectivity index (χ4n) is 3.63. The molecule has 1 amide bonds. The van der Waals surface area contributed by atoms with E-state index < -0.39 is 0 Å². The van der Waals surface area contributed by atoms with E-state index >= 15 is 0 Å².